The van der Waals surface area contributed by atoms with Gasteiger partial charge in [0, 0.05) is 17.0 Å². The van der Waals surface area contributed by atoms with Gasteiger partial charge in [0.1, 0.15) is 5.75 Å². The fourth-order valence-corrected chi connectivity index (χ4v) is 5.86. The maximum absolute atomic E-state index is 14.0. The van der Waals surface area contributed by atoms with Crippen molar-refractivity contribution in [2.75, 3.05) is 0 Å². The zero-order valence-electron chi connectivity index (χ0n) is 19.1. The van der Waals surface area contributed by atoms with Crippen molar-refractivity contribution in [2.24, 2.45) is 10.8 Å². The normalized spacial score (nSPS) is 24.5. The predicted molar refractivity (Wildman–Crippen MR) is 134 cm³/mol. The number of carbonyl (C=O) groups excluding carboxylic acids is 3. The van der Waals surface area contributed by atoms with Crippen LogP contribution in [0.25, 0.3) is 16.8 Å². The van der Waals surface area contributed by atoms with E-state index >= 15 is 0 Å². The van der Waals surface area contributed by atoms with Crippen molar-refractivity contribution >= 4 is 34.4 Å². The molecule has 4 heteroatoms. The maximum Gasteiger partial charge on any atom is 0.327 e. The van der Waals surface area contributed by atoms with Gasteiger partial charge >= 0.3 is 5.97 Å². The molecule has 4 aromatic rings. The molecule has 0 unspecified atom stereocenters. The van der Waals surface area contributed by atoms with Gasteiger partial charge in [-0.25, -0.2) is 0 Å². The van der Waals surface area contributed by atoms with Gasteiger partial charge in [0.05, 0.1) is 5.41 Å². The number of rotatable bonds is 5. The minimum atomic E-state index is -1.62. The first-order valence-electron chi connectivity index (χ1n) is 11.6. The number of allylic oxidation sites excluding steroid dienone is 1. The fraction of sp³-hybridized carbons (Fsp3) is 0.129. The Bertz CT molecular complexity index is 1540. The molecular weight excluding hydrogens is 436 g/mol. The van der Waals surface area contributed by atoms with Gasteiger partial charge in [0.25, 0.3) is 0 Å². The first-order chi connectivity index (χ1) is 17.0. The summed E-state index contributed by atoms with van der Waals surface area (Å²) in [4.78, 5) is 41.5. The van der Waals surface area contributed by atoms with Gasteiger partial charge in [-0.2, -0.15) is 0 Å². The summed E-state index contributed by atoms with van der Waals surface area (Å²) in [5, 5.41) is 1.85. The molecule has 2 aliphatic rings. The maximum atomic E-state index is 14.0. The minimum absolute atomic E-state index is 0.234. The highest BCUT2D eigenvalue weighted by Crippen LogP contribution is 2.79. The number of carbonyl (C=O) groups is 3. The monoisotopic (exact) mass is 458 g/mol. The minimum Gasteiger partial charge on any atom is -0.425 e. The van der Waals surface area contributed by atoms with E-state index in [-0.39, 0.29) is 5.78 Å². The van der Waals surface area contributed by atoms with Crippen molar-refractivity contribution in [1.82, 2.24) is 0 Å². The third kappa shape index (κ3) is 2.83. The molecule has 3 atom stereocenters. The molecule has 4 aromatic carbocycles. The zero-order chi connectivity index (χ0) is 24.2. The van der Waals surface area contributed by atoms with E-state index in [1.54, 1.807) is 43.3 Å². The van der Waals surface area contributed by atoms with Gasteiger partial charge in [-0.1, -0.05) is 104 Å². The van der Waals surface area contributed by atoms with E-state index in [2.05, 4.69) is 0 Å². The van der Waals surface area contributed by atoms with Crippen LogP contribution < -0.4 is 4.74 Å². The van der Waals surface area contributed by atoms with Crippen LogP contribution in [-0.4, -0.2) is 17.5 Å². The SMILES string of the molecule is C[C@@]1(C(=O)c2ccccc2)[C@@H]2c3c(ccc4ccccc34)OC(=O)[C@@]21C(=O)/C=C/c1ccccc1. The van der Waals surface area contributed by atoms with Crippen LogP contribution in [0.4, 0.5) is 0 Å². The highest BCUT2D eigenvalue weighted by Gasteiger charge is 2.87. The van der Waals surface area contributed by atoms with Crippen LogP contribution in [0.3, 0.4) is 0 Å². The number of ketones is 2. The molecular formula is C31H22O4. The molecule has 0 bridgehead atoms. The van der Waals surface area contributed by atoms with Crippen LogP contribution in [0.2, 0.25) is 0 Å². The Hall–Kier alpha value is -4.31. The largest absolute Gasteiger partial charge is 0.425 e. The van der Waals surface area contributed by atoms with Gasteiger partial charge in [0.2, 0.25) is 0 Å². The Morgan fingerprint density at radius 2 is 1.49 bits per heavy atom. The Morgan fingerprint density at radius 1 is 0.829 bits per heavy atom. The Kier molecular flexibility index (Phi) is 4.61. The van der Waals surface area contributed by atoms with Crippen LogP contribution in [-0.2, 0) is 9.59 Å². The van der Waals surface area contributed by atoms with Crippen LogP contribution in [0, 0.1) is 10.8 Å². The zero-order valence-corrected chi connectivity index (χ0v) is 19.1. The van der Waals surface area contributed by atoms with E-state index in [4.69, 9.17) is 4.74 Å². The highest BCUT2D eigenvalue weighted by molar-refractivity contribution is 6.25. The molecule has 0 aromatic heterocycles. The quantitative estimate of drug-likeness (QED) is 0.121. The molecule has 0 radical (unpaired) electrons. The van der Waals surface area contributed by atoms with Crippen molar-refractivity contribution in [3.05, 3.63) is 120 Å². The number of hydrogen-bond acceptors (Lipinski definition) is 4. The summed E-state index contributed by atoms with van der Waals surface area (Å²) in [5.41, 5.74) is -0.851. The Morgan fingerprint density at radius 3 is 2.23 bits per heavy atom. The van der Waals surface area contributed by atoms with E-state index in [0.29, 0.717) is 11.3 Å². The molecule has 1 aliphatic heterocycles. The molecule has 35 heavy (non-hydrogen) atoms. The fourth-order valence-electron chi connectivity index (χ4n) is 5.86. The molecule has 0 amide bonds. The number of hydrogen-bond donors (Lipinski definition) is 0. The summed E-state index contributed by atoms with van der Waals surface area (Å²) < 4.78 is 5.81. The second-order valence-corrected chi connectivity index (χ2v) is 9.33. The van der Waals surface area contributed by atoms with E-state index in [1.807, 2.05) is 66.7 Å². The number of ether oxygens (including phenoxy) is 1. The van der Waals surface area contributed by atoms with Crippen molar-refractivity contribution in [3.63, 3.8) is 0 Å². The van der Waals surface area contributed by atoms with Crippen LogP contribution >= 0.6 is 0 Å². The third-order valence-electron chi connectivity index (χ3n) is 7.61. The molecule has 4 nitrogen and oxygen atoms in total. The van der Waals surface area contributed by atoms with E-state index in [0.717, 1.165) is 21.9 Å². The number of Topliss-reactive ketones (excluding diaryl/α,β-unsaturated/α-hetero) is 1. The summed E-state index contributed by atoms with van der Waals surface area (Å²) in [6, 6.07) is 29.7. The molecule has 0 saturated heterocycles. The average Bonchev–Trinajstić information content (AvgIpc) is 3.50. The van der Waals surface area contributed by atoms with Gasteiger partial charge in [-0.05, 0) is 28.5 Å². The Labute approximate surface area is 202 Å². The molecule has 1 saturated carbocycles. The third-order valence-corrected chi connectivity index (χ3v) is 7.61. The van der Waals surface area contributed by atoms with Gasteiger partial charge < -0.3 is 4.74 Å². The van der Waals surface area contributed by atoms with Crippen molar-refractivity contribution in [1.29, 1.82) is 0 Å². The second kappa shape index (κ2) is 7.60. The average molecular weight is 459 g/mol. The van der Waals surface area contributed by atoms with Crippen molar-refractivity contribution in [2.45, 2.75) is 12.8 Å². The topological polar surface area (TPSA) is 60.4 Å². The Balaban J connectivity index is 1.56. The summed E-state index contributed by atoms with van der Waals surface area (Å²) >= 11 is 0. The van der Waals surface area contributed by atoms with Gasteiger partial charge in [0.15, 0.2) is 17.0 Å². The van der Waals surface area contributed by atoms with Gasteiger partial charge in [-0.3, -0.25) is 14.4 Å². The first-order valence-corrected chi connectivity index (χ1v) is 11.6. The molecule has 1 heterocycles. The van der Waals surface area contributed by atoms with Crippen LogP contribution in [0.5, 0.6) is 5.75 Å². The number of benzene rings is 4. The van der Waals surface area contributed by atoms with Crippen molar-refractivity contribution < 1.29 is 19.1 Å². The smallest absolute Gasteiger partial charge is 0.327 e. The second-order valence-electron chi connectivity index (χ2n) is 9.33. The van der Waals surface area contributed by atoms with E-state index < -0.39 is 28.5 Å². The van der Waals surface area contributed by atoms with Gasteiger partial charge in [-0.15, -0.1) is 0 Å². The highest BCUT2D eigenvalue weighted by atomic mass is 16.5. The first kappa shape index (κ1) is 21.2. The van der Waals surface area contributed by atoms with E-state index in [1.165, 1.54) is 6.08 Å². The van der Waals surface area contributed by atoms with Crippen LogP contribution in [0.1, 0.15) is 34.3 Å². The number of fused-ring (bicyclic) bond motifs is 5. The summed E-state index contributed by atoms with van der Waals surface area (Å²) in [7, 11) is 0. The molecule has 1 aliphatic carbocycles. The lowest BCUT2D eigenvalue weighted by molar-refractivity contribution is -0.147. The molecule has 170 valence electrons. The lowest BCUT2D eigenvalue weighted by Crippen LogP contribution is -2.38. The summed E-state index contributed by atoms with van der Waals surface area (Å²) in [6.45, 7) is 1.74. The summed E-state index contributed by atoms with van der Waals surface area (Å²) in [5.74, 6) is -1.53. The predicted octanol–water partition coefficient (Wildman–Crippen LogP) is 6.01. The summed E-state index contributed by atoms with van der Waals surface area (Å²) in [6.07, 6.45) is 3.11. The standard InChI is InChI=1S/C31H22O4/c1-30(28(33)22-13-6-3-7-14-22)27-26-23-15-9-8-12-21(23)17-18-24(26)35-29(34)31(27,30)25(32)19-16-20-10-4-2-5-11-20/h2-19,27H,1H3/b19-16+/t27-,30-,31+/m0/s1. The van der Waals surface area contributed by atoms with E-state index in [9.17, 15) is 14.4 Å². The molecule has 0 spiro atoms. The van der Waals surface area contributed by atoms with Crippen molar-refractivity contribution in [3.8, 4) is 5.75 Å². The van der Waals surface area contributed by atoms with Crippen LogP contribution in [0.15, 0.2) is 103 Å². The molecule has 1 fully saturated rings. The molecule has 0 N–H and O–H groups in total. The lowest BCUT2D eigenvalue weighted by atomic mass is 9.84. The number of esters is 1. The molecule has 6 rings (SSSR count). The lowest BCUT2D eigenvalue weighted by Gasteiger charge is -2.23.